The molecular formula is C15H24. The van der Waals surface area contributed by atoms with E-state index in [1.165, 1.54) is 25.7 Å². The lowest BCUT2D eigenvalue weighted by Gasteiger charge is -2.31. The summed E-state index contributed by atoms with van der Waals surface area (Å²) >= 11 is 0. The standard InChI is InChI=1S/C15H24/c1-10-5-6-15(4)8-11-7-14(2,3)9-12(11)13(10)15/h5,11-13H,6-9H2,1-4H3. The molecule has 0 heteroatoms. The molecule has 0 amide bonds. The molecule has 0 N–H and O–H groups in total. The molecule has 0 heterocycles. The third kappa shape index (κ3) is 1.26. The van der Waals surface area contributed by atoms with Gasteiger partial charge in [0.15, 0.2) is 0 Å². The van der Waals surface area contributed by atoms with Gasteiger partial charge in [-0.1, -0.05) is 32.4 Å². The minimum Gasteiger partial charge on any atom is -0.0847 e. The van der Waals surface area contributed by atoms with E-state index in [1.807, 2.05) is 0 Å². The van der Waals surface area contributed by atoms with E-state index in [4.69, 9.17) is 0 Å². The van der Waals surface area contributed by atoms with Crippen LogP contribution in [0.2, 0.25) is 0 Å². The van der Waals surface area contributed by atoms with Crippen LogP contribution < -0.4 is 0 Å². The van der Waals surface area contributed by atoms with Crippen molar-refractivity contribution in [2.75, 3.05) is 0 Å². The van der Waals surface area contributed by atoms with Gasteiger partial charge in [0.25, 0.3) is 0 Å². The number of fused-ring (bicyclic) bond motifs is 3. The molecule has 15 heavy (non-hydrogen) atoms. The first kappa shape index (κ1) is 9.93. The van der Waals surface area contributed by atoms with E-state index in [0.717, 1.165) is 17.8 Å². The molecule has 0 saturated heterocycles. The monoisotopic (exact) mass is 204 g/mol. The SMILES string of the molecule is CC1=CCC2(C)CC3CC(C)(C)CC3C12. The van der Waals surface area contributed by atoms with Crippen LogP contribution in [0.15, 0.2) is 11.6 Å². The average molecular weight is 204 g/mol. The molecule has 0 aromatic heterocycles. The second-order valence-electron chi connectivity index (χ2n) is 7.48. The third-order valence-corrected chi connectivity index (χ3v) is 5.50. The predicted octanol–water partition coefficient (Wildman–Crippen LogP) is 4.42. The summed E-state index contributed by atoms with van der Waals surface area (Å²) in [6, 6.07) is 0. The van der Waals surface area contributed by atoms with Crippen molar-refractivity contribution >= 4 is 0 Å². The second-order valence-corrected chi connectivity index (χ2v) is 7.48. The maximum Gasteiger partial charge on any atom is -0.0118 e. The summed E-state index contributed by atoms with van der Waals surface area (Å²) in [4.78, 5) is 0. The highest BCUT2D eigenvalue weighted by molar-refractivity contribution is 5.24. The Bertz CT molecular complexity index is 323. The highest BCUT2D eigenvalue weighted by Gasteiger charge is 2.57. The molecule has 3 aliphatic rings. The quantitative estimate of drug-likeness (QED) is 0.513. The summed E-state index contributed by atoms with van der Waals surface area (Å²) in [5, 5.41) is 0. The van der Waals surface area contributed by atoms with E-state index in [0.29, 0.717) is 10.8 Å². The van der Waals surface area contributed by atoms with Gasteiger partial charge in [-0.05, 0) is 61.2 Å². The van der Waals surface area contributed by atoms with E-state index >= 15 is 0 Å². The van der Waals surface area contributed by atoms with Crippen LogP contribution in [0, 0.1) is 28.6 Å². The van der Waals surface area contributed by atoms with Crippen LogP contribution in [-0.4, -0.2) is 0 Å². The van der Waals surface area contributed by atoms with Crippen molar-refractivity contribution in [3.8, 4) is 0 Å². The minimum absolute atomic E-state index is 0.625. The fraction of sp³-hybridized carbons (Fsp3) is 0.867. The van der Waals surface area contributed by atoms with Gasteiger partial charge in [-0.2, -0.15) is 0 Å². The molecule has 0 spiro atoms. The van der Waals surface area contributed by atoms with Crippen LogP contribution in [-0.2, 0) is 0 Å². The first-order valence-corrected chi connectivity index (χ1v) is 6.58. The van der Waals surface area contributed by atoms with Gasteiger partial charge in [0.1, 0.15) is 0 Å². The maximum absolute atomic E-state index is 2.54. The summed E-state index contributed by atoms with van der Waals surface area (Å²) in [6.07, 6.45) is 8.34. The molecule has 2 fully saturated rings. The van der Waals surface area contributed by atoms with Crippen molar-refractivity contribution < 1.29 is 0 Å². The summed E-state index contributed by atoms with van der Waals surface area (Å²) in [7, 11) is 0. The molecule has 0 aromatic rings. The van der Waals surface area contributed by atoms with Gasteiger partial charge in [-0.3, -0.25) is 0 Å². The summed E-state index contributed by atoms with van der Waals surface area (Å²) in [5.41, 5.74) is 2.98. The van der Waals surface area contributed by atoms with Crippen LogP contribution in [0.5, 0.6) is 0 Å². The fourth-order valence-corrected chi connectivity index (χ4v) is 5.22. The minimum atomic E-state index is 0.625. The Morgan fingerprint density at radius 2 is 1.87 bits per heavy atom. The Labute approximate surface area is 94.1 Å². The van der Waals surface area contributed by atoms with Crippen LogP contribution in [0.4, 0.5) is 0 Å². The Morgan fingerprint density at radius 3 is 2.60 bits per heavy atom. The van der Waals surface area contributed by atoms with E-state index in [-0.39, 0.29) is 0 Å². The Kier molecular flexibility index (Phi) is 1.79. The average Bonchev–Trinajstić information content (AvgIpc) is 2.59. The van der Waals surface area contributed by atoms with Crippen LogP contribution >= 0.6 is 0 Å². The molecular weight excluding hydrogens is 180 g/mol. The lowest BCUT2D eigenvalue weighted by atomic mass is 9.74. The smallest absolute Gasteiger partial charge is 0.0118 e. The lowest BCUT2D eigenvalue weighted by molar-refractivity contribution is 0.217. The number of rotatable bonds is 0. The van der Waals surface area contributed by atoms with Crippen LogP contribution in [0.1, 0.15) is 53.4 Å². The zero-order valence-corrected chi connectivity index (χ0v) is 10.6. The maximum atomic E-state index is 2.54. The first-order valence-electron chi connectivity index (χ1n) is 6.58. The van der Waals surface area contributed by atoms with Crippen molar-refractivity contribution in [2.24, 2.45) is 28.6 Å². The van der Waals surface area contributed by atoms with Crippen molar-refractivity contribution in [2.45, 2.75) is 53.4 Å². The molecule has 0 nitrogen and oxygen atoms in total. The van der Waals surface area contributed by atoms with Crippen molar-refractivity contribution in [3.05, 3.63) is 11.6 Å². The van der Waals surface area contributed by atoms with Gasteiger partial charge in [0.05, 0.1) is 0 Å². The zero-order valence-electron chi connectivity index (χ0n) is 10.6. The highest BCUT2D eigenvalue weighted by atomic mass is 14.6. The van der Waals surface area contributed by atoms with E-state index in [1.54, 1.807) is 5.57 Å². The van der Waals surface area contributed by atoms with E-state index in [9.17, 15) is 0 Å². The van der Waals surface area contributed by atoms with E-state index < -0.39 is 0 Å². The Hall–Kier alpha value is -0.260. The van der Waals surface area contributed by atoms with Gasteiger partial charge >= 0.3 is 0 Å². The third-order valence-electron chi connectivity index (χ3n) is 5.50. The number of hydrogen-bond donors (Lipinski definition) is 0. The van der Waals surface area contributed by atoms with Gasteiger partial charge in [-0.25, -0.2) is 0 Å². The molecule has 4 atom stereocenters. The Balaban J connectivity index is 1.92. The summed E-state index contributed by atoms with van der Waals surface area (Å²) in [5.74, 6) is 2.99. The molecule has 84 valence electrons. The molecule has 4 unspecified atom stereocenters. The molecule has 3 aliphatic carbocycles. The van der Waals surface area contributed by atoms with Gasteiger partial charge in [-0.15, -0.1) is 0 Å². The lowest BCUT2D eigenvalue weighted by Crippen LogP contribution is -2.23. The second kappa shape index (κ2) is 2.70. The molecule has 0 bridgehead atoms. The topological polar surface area (TPSA) is 0 Å². The molecule has 0 aliphatic heterocycles. The summed E-state index contributed by atoms with van der Waals surface area (Å²) in [6.45, 7) is 9.85. The predicted molar refractivity (Wildman–Crippen MR) is 64.6 cm³/mol. The first-order chi connectivity index (χ1) is 6.91. The van der Waals surface area contributed by atoms with Crippen molar-refractivity contribution in [3.63, 3.8) is 0 Å². The zero-order chi connectivity index (χ0) is 10.8. The number of allylic oxidation sites excluding steroid dienone is 2. The van der Waals surface area contributed by atoms with Crippen molar-refractivity contribution in [1.29, 1.82) is 0 Å². The normalized spacial score (nSPS) is 51.5. The fourth-order valence-electron chi connectivity index (χ4n) is 5.22. The van der Waals surface area contributed by atoms with Crippen LogP contribution in [0.3, 0.4) is 0 Å². The molecule has 3 rings (SSSR count). The highest BCUT2D eigenvalue weighted by Crippen LogP contribution is 2.66. The van der Waals surface area contributed by atoms with Gasteiger partial charge in [0.2, 0.25) is 0 Å². The van der Waals surface area contributed by atoms with E-state index in [2.05, 4.69) is 33.8 Å². The molecule has 2 saturated carbocycles. The van der Waals surface area contributed by atoms with Crippen LogP contribution in [0.25, 0.3) is 0 Å². The van der Waals surface area contributed by atoms with Gasteiger partial charge < -0.3 is 0 Å². The summed E-state index contributed by atoms with van der Waals surface area (Å²) < 4.78 is 0. The van der Waals surface area contributed by atoms with Gasteiger partial charge in [0, 0.05) is 0 Å². The molecule has 0 aromatic carbocycles. The Morgan fingerprint density at radius 1 is 1.13 bits per heavy atom. The van der Waals surface area contributed by atoms with Crippen molar-refractivity contribution in [1.82, 2.24) is 0 Å². The molecule has 0 radical (unpaired) electrons. The number of hydrogen-bond acceptors (Lipinski definition) is 0. The largest absolute Gasteiger partial charge is 0.0847 e.